The van der Waals surface area contributed by atoms with Gasteiger partial charge in [0.1, 0.15) is 0 Å². The van der Waals surface area contributed by atoms with E-state index in [1.165, 1.54) is 18.5 Å². The van der Waals surface area contributed by atoms with Gasteiger partial charge in [-0.2, -0.15) is 0 Å². The zero-order valence-corrected chi connectivity index (χ0v) is 10.7. The van der Waals surface area contributed by atoms with Gasteiger partial charge in [0.25, 0.3) is 0 Å². The standard InChI is InChI=1S/C14H21N3/c1-4-9-17(12-5-6-12)13-7-8-14(16-10-13)11(2)15-3/h4,7-8,10-12,15H,1,5-6,9H2,2-3H3. The van der Waals surface area contributed by atoms with E-state index < -0.39 is 0 Å². The first kappa shape index (κ1) is 12.1. The molecule has 0 aromatic carbocycles. The molecule has 0 radical (unpaired) electrons. The molecule has 0 amide bonds. The lowest BCUT2D eigenvalue weighted by Gasteiger charge is -2.23. The van der Waals surface area contributed by atoms with Crippen LogP contribution in [0.3, 0.4) is 0 Å². The normalized spacial score (nSPS) is 16.6. The molecule has 1 aliphatic carbocycles. The number of hydrogen-bond donors (Lipinski definition) is 1. The lowest BCUT2D eigenvalue weighted by atomic mass is 10.2. The number of rotatable bonds is 6. The maximum absolute atomic E-state index is 4.52. The van der Waals surface area contributed by atoms with Crippen molar-refractivity contribution in [2.75, 3.05) is 18.5 Å². The third-order valence-corrected chi connectivity index (χ3v) is 3.29. The Labute approximate surface area is 104 Å². The van der Waals surface area contributed by atoms with Gasteiger partial charge >= 0.3 is 0 Å². The van der Waals surface area contributed by atoms with Gasteiger partial charge in [-0.25, -0.2) is 0 Å². The fourth-order valence-electron chi connectivity index (χ4n) is 1.96. The van der Waals surface area contributed by atoms with Gasteiger partial charge in [0.2, 0.25) is 0 Å². The molecule has 17 heavy (non-hydrogen) atoms. The van der Waals surface area contributed by atoms with E-state index in [-0.39, 0.29) is 0 Å². The van der Waals surface area contributed by atoms with Crippen molar-refractivity contribution in [2.24, 2.45) is 0 Å². The largest absolute Gasteiger partial charge is 0.364 e. The highest BCUT2D eigenvalue weighted by Gasteiger charge is 2.28. The molecule has 0 saturated heterocycles. The van der Waals surface area contributed by atoms with Crippen molar-refractivity contribution < 1.29 is 0 Å². The summed E-state index contributed by atoms with van der Waals surface area (Å²) >= 11 is 0. The van der Waals surface area contributed by atoms with Gasteiger partial charge in [0, 0.05) is 18.6 Å². The number of pyridine rings is 1. The molecule has 1 N–H and O–H groups in total. The molecule has 0 bridgehead atoms. The maximum Gasteiger partial charge on any atom is 0.0571 e. The van der Waals surface area contributed by atoms with Gasteiger partial charge in [-0.05, 0) is 38.9 Å². The van der Waals surface area contributed by atoms with Crippen LogP contribution in [0.5, 0.6) is 0 Å². The fraction of sp³-hybridized carbons (Fsp3) is 0.500. The molecule has 1 unspecified atom stereocenters. The summed E-state index contributed by atoms with van der Waals surface area (Å²) in [6.45, 7) is 6.85. The summed E-state index contributed by atoms with van der Waals surface area (Å²) in [6, 6.07) is 5.27. The Balaban J connectivity index is 2.12. The lowest BCUT2D eigenvalue weighted by molar-refractivity contribution is 0.632. The smallest absolute Gasteiger partial charge is 0.0571 e. The van der Waals surface area contributed by atoms with Crippen molar-refractivity contribution in [3.8, 4) is 0 Å². The average Bonchev–Trinajstić information content (AvgIpc) is 3.19. The minimum atomic E-state index is 0.304. The van der Waals surface area contributed by atoms with Gasteiger partial charge in [-0.1, -0.05) is 6.08 Å². The Morgan fingerprint density at radius 2 is 2.35 bits per heavy atom. The van der Waals surface area contributed by atoms with E-state index in [0.29, 0.717) is 12.1 Å². The van der Waals surface area contributed by atoms with E-state index in [0.717, 1.165) is 12.2 Å². The van der Waals surface area contributed by atoms with Gasteiger partial charge < -0.3 is 10.2 Å². The van der Waals surface area contributed by atoms with Crippen LogP contribution in [0.1, 0.15) is 31.5 Å². The molecule has 1 saturated carbocycles. The molecular weight excluding hydrogens is 210 g/mol. The average molecular weight is 231 g/mol. The van der Waals surface area contributed by atoms with Crippen molar-refractivity contribution in [3.05, 3.63) is 36.7 Å². The first-order valence-corrected chi connectivity index (χ1v) is 6.27. The zero-order chi connectivity index (χ0) is 12.3. The van der Waals surface area contributed by atoms with E-state index in [9.17, 15) is 0 Å². The SMILES string of the molecule is C=CCN(c1ccc(C(C)NC)nc1)C1CC1. The molecule has 1 heterocycles. The number of hydrogen-bond acceptors (Lipinski definition) is 3. The summed E-state index contributed by atoms with van der Waals surface area (Å²) in [5.41, 5.74) is 2.30. The van der Waals surface area contributed by atoms with E-state index >= 15 is 0 Å². The number of nitrogens with zero attached hydrogens (tertiary/aromatic N) is 2. The Kier molecular flexibility index (Phi) is 3.79. The van der Waals surface area contributed by atoms with Crippen LogP contribution in [0, 0.1) is 0 Å². The van der Waals surface area contributed by atoms with Gasteiger partial charge in [-0.15, -0.1) is 6.58 Å². The summed E-state index contributed by atoms with van der Waals surface area (Å²) < 4.78 is 0. The third-order valence-electron chi connectivity index (χ3n) is 3.29. The number of anilines is 1. The summed E-state index contributed by atoms with van der Waals surface area (Å²) in [6.07, 6.45) is 6.53. The van der Waals surface area contributed by atoms with Gasteiger partial charge in [-0.3, -0.25) is 4.98 Å². The van der Waals surface area contributed by atoms with Crippen LogP contribution in [0.15, 0.2) is 31.0 Å². The topological polar surface area (TPSA) is 28.2 Å². The lowest BCUT2D eigenvalue weighted by Crippen LogP contribution is -2.25. The third kappa shape index (κ3) is 2.86. The molecule has 0 aliphatic heterocycles. The first-order chi connectivity index (χ1) is 8.26. The van der Waals surface area contributed by atoms with Crippen LogP contribution < -0.4 is 10.2 Å². The van der Waals surface area contributed by atoms with E-state index in [4.69, 9.17) is 0 Å². The van der Waals surface area contributed by atoms with Crippen LogP contribution >= 0.6 is 0 Å². The minimum absolute atomic E-state index is 0.304. The van der Waals surface area contributed by atoms with Gasteiger partial charge in [0.05, 0.1) is 17.6 Å². The van der Waals surface area contributed by atoms with Crippen molar-refractivity contribution in [3.63, 3.8) is 0 Å². The maximum atomic E-state index is 4.52. The Morgan fingerprint density at radius 3 is 2.82 bits per heavy atom. The molecule has 3 heteroatoms. The van der Waals surface area contributed by atoms with Crippen LogP contribution in [-0.4, -0.2) is 24.6 Å². The highest BCUT2D eigenvalue weighted by molar-refractivity contribution is 5.47. The monoisotopic (exact) mass is 231 g/mol. The molecule has 1 aromatic heterocycles. The molecule has 3 nitrogen and oxygen atoms in total. The second-order valence-electron chi connectivity index (χ2n) is 4.62. The van der Waals surface area contributed by atoms with E-state index in [1.54, 1.807) is 0 Å². The zero-order valence-electron chi connectivity index (χ0n) is 10.7. The van der Waals surface area contributed by atoms with Crippen molar-refractivity contribution in [1.82, 2.24) is 10.3 Å². The van der Waals surface area contributed by atoms with Crippen molar-refractivity contribution >= 4 is 5.69 Å². The molecule has 1 aliphatic rings. The Bertz CT molecular complexity index is 368. The molecule has 1 fully saturated rings. The van der Waals surface area contributed by atoms with E-state index in [1.807, 2.05) is 19.3 Å². The second kappa shape index (κ2) is 5.32. The van der Waals surface area contributed by atoms with E-state index in [2.05, 4.69) is 40.8 Å². The molecular formula is C14H21N3. The quantitative estimate of drug-likeness (QED) is 0.763. The molecule has 1 aromatic rings. The summed E-state index contributed by atoms with van der Waals surface area (Å²) in [5.74, 6) is 0. The van der Waals surface area contributed by atoms with Crippen LogP contribution in [0.4, 0.5) is 5.69 Å². The van der Waals surface area contributed by atoms with Crippen LogP contribution in [0.25, 0.3) is 0 Å². The summed E-state index contributed by atoms with van der Waals surface area (Å²) in [7, 11) is 1.95. The summed E-state index contributed by atoms with van der Waals surface area (Å²) in [4.78, 5) is 6.91. The highest BCUT2D eigenvalue weighted by atomic mass is 15.2. The van der Waals surface area contributed by atoms with Crippen LogP contribution in [-0.2, 0) is 0 Å². The van der Waals surface area contributed by atoms with Crippen molar-refractivity contribution in [1.29, 1.82) is 0 Å². The number of aromatic nitrogens is 1. The predicted octanol–water partition coefficient (Wildman–Crippen LogP) is 2.52. The highest BCUT2D eigenvalue weighted by Crippen LogP contribution is 2.31. The Hall–Kier alpha value is -1.35. The molecule has 92 valence electrons. The fourth-order valence-corrected chi connectivity index (χ4v) is 1.96. The molecule has 0 spiro atoms. The first-order valence-electron chi connectivity index (χ1n) is 6.27. The predicted molar refractivity (Wildman–Crippen MR) is 72.3 cm³/mol. The van der Waals surface area contributed by atoms with Crippen LogP contribution in [0.2, 0.25) is 0 Å². The van der Waals surface area contributed by atoms with Gasteiger partial charge in [0.15, 0.2) is 0 Å². The number of nitrogens with one attached hydrogen (secondary N) is 1. The van der Waals surface area contributed by atoms with Crippen molar-refractivity contribution in [2.45, 2.75) is 31.8 Å². The molecule has 2 rings (SSSR count). The Morgan fingerprint density at radius 1 is 1.59 bits per heavy atom. The second-order valence-corrected chi connectivity index (χ2v) is 4.62. The molecule has 1 atom stereocenters. The minimum Gasteiger partial charge on any atom is -0.364 e. The summed E-state index contributed by atoms with van der Waals surface area (Å²) in [5, 5.41) is 3.20.